The molecular weight excluding hydrogens is 265 g/mol. The van der Waals surface area contributed by atoms with Crippen molar-refractivity contribution < 1.29 is 0 Å². The van der Waals surface area contributed by atoms with E-state index >= 15 is 0 Å². The molecule has 5 heteroatoms. The van der Waals surface area contributed by atoms with Gasteiger partial charge in [0.2, 0.25) is 5.28 Å². The Morgan fingerprint density at radius 1 is 1.36 bits per heavy atom. The minimum absolute atomic E-state index is 0.376. The van der Waals surface area contributed by atoms with Gasteiger partial charge in [-0.2, -0.15) is 0 Å². The Hall–Kier alpha value is -0.870. The normalized spacial score (nSPS) is 10.5. The standard InChI is InChI=1S/C9H7BrClN3/c1-6-12-13-9(11)14(6)8-4-2-3-7(10)5-8/h2-5H,1H3. The lowest BCUT2D eigenvalue weighted by Gasteiger charge is -2.04. The predicted molar refractivity (Wildman–Crippen MR) is 58.8 cm³/mol. The molecule has 0 radical (unpaired) electrons. The number of rotatable bonds is 1. The summed E-state index contributed by atoms with van der Waals surface area (Å²) in [6.45, 7) is 1.86. The molecule has 14 heavy (non-hydrogen) atoms. The van der Waals surface area contributed by atoms with Crippen molar-refractivity contribution in [2.45, 2.75) is 6.92 Å². The second-order valence-corrected chi connectivity index (χ2v) is 4.09. The molecule has 2 rings (SSSR count). The lowest BCUT2D eigenvalue weighted by atomic mass is 10.3. The molecule has 0 spiro atoms. The summed E-state index contributed by atoms with van der Waals surface area (Å²) in [4.78, 5) is 0. The van der Waals surface area contributed by atoms with Gasteiger partial charge in [-0.25, -0.2) is 0 Å². The number of hydrogen-bond acceptors (Lipinski definition) is 2. The van der Waals surface area contributed by atoms with Crippen molar-refractivity contribution in [1.29, 1.82) is 0 Å². The van der Waals surface area contributed by atoms with E-state index < -0.39 is 0 Å². The summed E-state index contributed by atoms with van der Waals surface area (Å²) in [5.41, 5.74) is 0.951. The minimum Gasteiger partial charge on any atom is -0.270 e. The van der Waals surface area contributed by atoms with Crippen molar-refractivity contribution in [2.75, 3.05) is 0 Å². The summed E-state index contributed by atoms with van der Waals surface area (Å²) in [7, 11) is 0. The molecule has 0 unspecified atom stereocenters. The van der Waals surface area contributed by atoms with Crippen LogP contribution in [0.25, 0.3) is 5.69 Å². The molecule has 0 saturated heterocycles. The Labute approximate surface area is 94.9 Å². The Balaban J connectivity index is 2.59. The average Bonchev–Trinajstić information content (AvgIpc) is 2.46. The number of benzene rings is 1. The van der Waals surface area contributed by atoms with E-state index in [0.717, 1.165) is 16.0 Å². The zero-order valence-electron chi connectivity index (χ0n) is 7.41. The highest BCUT2D eigenvalue weighted by molar-refractivity contribution is 9.10. The van der Waals surface area contributed by atoms with Crippen molar-refractivity contribution in [2.24, 2.45) is 0 Å². The third-order valence-corrected chi connectivity index (χ3v) is 2.59. The fourth-order valence-corrected chi connectivity index (χ4v) is 1.89. The third-order valence-electron chi connectivity index (χ3n) is 1.85. The first kappa shape index (κ1) is 9.68. The molecule has 0 aliphatic heterocycles. The maximum atomic E-state index is 5.91. The van der Waals surface area contributed by atoms with Crippen molar-refractivity contribution in [1.82, 2.24) is 14.8 Å². The zero-order chi connectivity index (χ0) is 10.1. The SMILES string of the molecule is Cc1nnc(Cl)n1-c1cccc(Br)c1. The molecule has 0 N–H and O–H groups in total. The van der Waals surface area contributed by atoms with E-state index in [0.29, 0.717) is 5.28 Å². The lowest BCUT2D eigenvalue weighted by molar-refractivity contribution is 0.969. The van der Waals surface area contributed by atoms with E-state index in [2.05, 4.69) is 26.1 Å². The van der Waals surface area contributed by atoms with Crippen LogP contribution in [0.2, 0.25) is 5.28 Å². The first-order valence-corrected chi connectivity index (χ1v) is 5.19. The van der Waals surface area contributed by atoms with Crippen LogP contribution in [-0.4, -0.2) is 14.8 Å². The minimum atomic E-state index is 0.376. The monoisotopic (exact) mass is 271 g/mol. The molecule has 0 aliphatic carbocycles. The molecule has 0 atom stereocenters. The van der Waals surface area contributed by atoms with Crippen LogP contribution in [0, 0.1) is 6.92 Å². The van der Waals surface area contributed by atoms with E-state index in [9.17, 15) is 0 Å². The number of hydrogen-bond donors (Lipinski definition) is 0. The van der Waals surface area contributed by atoms with Crippen molar-refractivity contribution >= 4 is 27.5 Å². The number of halogens is 2. The molecule has 0 amide bonds. The van der Waals surface area contributed by atoms with Gasteiger partial charge in [0.25, 0.3) is 0 Å². The molecule has 1 aromatic carbocycles. The van der Waals surface area contributed by atoms with Crippen LogP contribution < -0.4 is 0 Å². The molecule has 1 aromatic heterocycles. The van der Waals surface area contributed by atoms with Crippen LogP contribution in [0.4, 0.5) is 0 Å². The van der Waals surface area contributed by atoms with Gasteiger partial charge in [-0.05, 0) is 36.7 Å². The van der Waals surface area contributed by atoms with Crippen LogP contribution in [0.1, 0.15) is 5.82 Å². The average molecular weight is 273 g/mol. The van der Waals surface area contributed by atoms with Crippen LogP contribution in [-0.2, 0) is 0 Å². The summed E-state index contributed by atoms with van der Waals surface area (Å²) in [5, 5.41) is 8.05. The van der Waals surface area contributed by atoms with Gasteiger partial charge in [-0.3, -0.25) is 4.57 Å². The molecular formula is C9H7BrClN3. The maximum Gasteiger partial charge on any atom is 0.229 e. The Morgan fingerprint density at radius 2 is 2.14 bits per heavy atom. The van der Waals surface area contributed by atoms with Gasteiger partial charge in [0, 0.05) is 4.47 Å². The third kappa shape index (κ3) is 1.67. The first-order chi connectivity index (χ1) is 6.68. The fourth-order valence-electron chi connectivity index (χ4n) is 1.25. The Morgan fingerprint density at radius 3 is 2.71 bits per heavy atom. The second kappa shape index (κ2) is 3.71. The van der Waals surface area contributed by atoms with E-state index in [1.54, 1.807) is 4.57 Å². The molecule has 72 valence electrons. The summed E-state index contributed by atoms with van der Waals surface area (Å²) in [6, 6.07) is 7.81. The maximum absolute atomic E-state index is 5.91. The van der Waals surface area contributed by atoms with E-state index in [1.165, 1.54) is 0 Å². The van der Waals surface area contributed by atoms with Crippen molar-refractivity contribution in [3.63, 3.8) is 0 Å². The largest absolute Gasteiger partial charge is 0.270 e. The molecule has 1 heterocycles. The summed E-state index contributed by atoms with van der Waals surface area (Å²) < 4.78 is 2.78. The molecule has 0 fully saturated rings. The summed E-state index contributed by atoms with van der Waals surface area (Å²) in [6.07, 6.45) is 0. The van der Waals surface area contributed by atoms with Crippen LogP contribution in [0.15, 0.2) is 28.7 Å². The molecule has 2 aromatic rings. The predicted octanol–water partition coefficient (Wildman–Crippen LogP) is 2.99. The molecule has 0 aliphatic rings. The van der Waals surface area contributed by atoms with Crippen molar-refractivity contribution in [3.05, 3.63) is 39.8 Å². The van der Waals surface area contributed by atoms with E-state index in [4.69, 9.17) is 11.6 Å². The van der Waals surface area contributed by atoms with Crippen LogP contribution in [0.3, 0.4) is 0 Å². The first-order valence-electron chi connectivity index (χ1n) is 4.02. The van der Waals surface area contributed by atoms with E-state index in [1.807, 2.05) is 31.2 Å². The topological polar surface area (TPSA) is 30.7 Å². The smallest absolute Gasteiger partial charge is 0.229 e. The van der Waals surface area contributed by atoms with Crippen LogP contribution >= 0.6 is 27.5 Å². The Bertz CT molecular complexity index is 447. The number of nitrogens with zero attached hydrogens (tertiary/aromatic N) is 3. The molecule has 0 saturated carbocycles. The Kier molecular flexibility index (Phi) is 2.56. The van der Waals surface area contributed by atoms with Gasteiger partial charge in [0.15, 0.2) is 0 Å². The highest BCUT2D eigenvalue weighted by atomic mass is 79.9. The number of aromatic nitrogens is 3. The summed E-state index contributed by atoms with van der Waals surface area (Å²) in [5.74, 6) is 0.771. The highest BCUT2D eigenvalue weighted by Crippen LogP contribution is 2.19. The molecule has 3 nitrogen and oxygen atoms in total. The quantitative estimate of drug-likeness (QED) is 0.799. The van der Waals surface area contributed by atoms with Crippen molar-refractivity contribution in [3.8, 4) is 5.69 Å². The summed E-state index contributed by atoms with van der Waals surface area (Å²) >= 11 is 9.31. The van der Waals surface area contributed by atoms with E-state index in [-0.39, 0.29) is 0 Å². The van der Waals surface area contributed by atoms with Crippen LogP contribution in [0.5, 0.6) is 0 Å². The van der Waals surface area contributed by atoms with Gasteiger partial charge in [-0.1, -0.05) is 22.0 Å². The van der Waals surface area contributed by atoms with Gasteiger partial charge >= 0.3 is 0 Å². The zero-order valence-corrected chi connectivity index (χ0v) is 9.75. The second-order valence-electron chi connectivity index (χ2n) is 2.83. The highest BCUT2D eigenvalue weighted by Gasteiger charge is 2.07. The fraction of sp³-hybridized carbons (Fsp3) is 0.111. The number of aryl methyl sites for hydroxylation is 1. The van der Waals surface area contributed by atoms with Gasteiger partial charge < -0.3 is 0 Å². The molecule has 0 bridgehead atoms. The van der Waals surface area contributed by atoms with Gasteiger partial charge in [-0.15, -0.1) is 10.2 Å². The lowest BCUT2D eigenvalue weighted by Crippen LogP contribution is -1.96. The van der Waals surface area contributed by atoms with Gasteiger partial charge in [0.1, 0.15) is 5.82 Å². The van der Waals surface area contributed by atoms with Gasteiger partial charge in [0.05, 0.1) is 5.69 Å².